The van der Waals surface area contributed by atoms with Crippen LogP contribution in [0.2, 0.25) is 0 Å². The van der Waals surface area contributed by atoms with Crippen LogP contribution in [0.1, 0.15) is 30.4 Å². The van der Waals surface area contributed by atoms with Gasteiger partial charge in [-0.1, -0.05) is 12.1 Å². The Labute approximate surface area is 160 Å². The Kier molecular flexibility index (Phi) is 7.20. The molecule has 3 N–H and O–H groups in total. The van der Waals surface area contributed by atoms with Crippen LogP contribution in [0.3, 0.4) is 0 Å². The summed E-state index contributed by atoms with van der Waals surface area (Å²) in [6.07, 6.45) is 1.71. The fourth-order valence-corrected chi connectivity index (χ4v) is 4.81. The second-order valence-corrected chi connectivity index (χ2v) is 8.71. The molecular weight excluding hydrogens is 368 g/mol. The lowest BCUT2D eigenvalue weighted by Crippen LogP contribution is -2.50. The minimum absolute atomic E-state index is 0.0119. The zero-order valence-electron chi connectivity index (χ0n) is 15.9. The smallest absolute Gasteiger partial charge is 0.312 e. The van der Waals surface area contributed by atoms with E-state index in [0.717, 1.165) is 11.1 Å². The summed E-state index contributed by atoms with van der Waals surface area (Å²) in [6.45, 7) is 5.48. The first-order valence-electron chi connectivity index (χ1n) is 9.10. The van der Waals surface area contributed by atoms with Crippen LogP contribution in [0.5, 0.6) is 0 Å². The van der Waals surface area contributed by atoms with Crippen LogP contribution < -0.4 is 11.1 Å². The van der Waals surface area contributed by atoms with Crippen LogP contribution in [0.25, 0.3) is 0 Å². The number of aryl methyl sites for hydroxylation is 2. The molecule has 1 aromatic rings. The SMILES string of the molecule is Cc1ccc(C)c(S(=O)(=O)N2CCN(C(=O)CCCCNC(N)=O)CC2)c1. The average Bonchev–Trinajstić information content (AvgIpc) is 2.63. The van der Waals surface area contributed by atoms with Crippen molar-refractivity contribution in [1.82, 2.24) is 14.5 Å². The highest BCUT2D eigenvalue weighted by atomic mass is 32.2. The van der Waals surface area contributed by atoms with Crippen molar-refractivity contribution < 1.29 is 18.0 Å². The molecule has 27 heavy (non-hydrogen) atoms. The molecule has 1 aromatic carbocycles. The lowest BCUT2D eigenvalue weighted by molar-refractivity contribution is -0.132. The number of piperazine rings is 1. The van der Waals surface area contributed by atoms with Gasteiger partial charge in [0.15, 0.2) is 0 Å². The maximum Gasteiger partial charge on any atom is 0.312 e. The summed E-state index contributed by atoms with van der Waals surface area (Å²) in [5, 5.41) is 2.49. The Balaban J connectivity index is 1.86. The zero-order valence-corrected chi connectivity index (χ0v) is 16.7. The van der Waals surface area contributed by atoms with Crippen molar-refractivity contribution in [2.75, 3.05) is 32.7 Å². The highest BCUT2D eigenvalue weighted by Gasteiger charge is 2.30. The van der Waals surface area contributed by atoms with Crippen molar-refractivity contribution in [3.05, 3.63) is 29.3 Å². The van der Waals surface area contributed by atoms with E-state index < -0.39 is 16.1 Å². The number of unbranched alkanes of at least 4 members (excludes halogenated alkanes) is 1. The van der Waals surface area contributed by atoms with Crippen molar-refractivity contribution in [2.24, 2.45) is 5.73 Å². The molecule has 0 aliphatic carbocycles. The molecule has 0 atom stereocenters. The van der Waals surface area contributed by atoms with Crippen molar-refractivity contribution in [1.29, 1.82) is 0 Å². The number of benzene rings is 1. The monoisotopic (exact) mass is 396 g/mol. The van der Waals surface area contributed by atoms with Crippen LogP contribution in [-0.4, -0.2) is 62.3 Å². The summed E-state index contributed by atoms with van der Waals surface area (Å²) in [5.41, 5.74) is 6.61. The number of hydrogen-bond donors (Lipinski definition) is 2. The lowest BCUT2D eigenvalue weighted by Gasteiger charge is -2.34. The van der Waals surface area contributed by atoms with Gasteiger partial charge in [0.2, 0.25) is 15.9 Å². The zero-order chi connectivity index (χ0) is 20.0. The Morgan fingerprint density at radius 2 is 1.78 bits per heavy atom. The molecule has 2 rings (SSSR count). The van der Waals surface area contributed by atoms with Gasteiger partial charge in [-0.05, 0) is 43.9 Å². The molecule has 1 aliphatic rings. The Morgan fingerprint density at radius 3 is 2.41 bits per heavy atom. The second kappa shape index (κ2) is 9.18. The minimum atomic E-state index is -3.55. The Bertz CT molecular complexity index is 787. The number of urea groups is 1. The first-order valence-corrected chi connectivity index (χ1v) is 10.5. The van der Waals surface area contributed by atoms with Crippen LogP contribution in [0, 0.1) is 13.8 Å². The van der Waals surface area contributed by atoms with E-state index in [9.17, 15) is 18.0 Å². The lowest BCUT2D eigenvalue weighted by atomic mass is 10.2. The molecular formula is C18H28N4O4S. The van der Waals surface area contributed by atoms with E-state index in [0.29, 0.717) is 56.9 Å². The molecule has 1 aliphatic heterocycles. The van der Waals surface area contributed by atoms with Gasteiger partial charge in [0, 0.05) is 39.1 Å². The summed E-state index contributed by atoms with van der Waals surface area (Å²) in [4.78, 5) is 24.9. The number of rotatable bonds is 7. The third-order valence-electron chi connectivity index (χ3n) is 4.67. The van der Waals surface area contributed by atoms with Crippen LogP contribution in [-0.2, 0) is 14.8 Å². The highest BCUT2D eigenvalue weighted by molar-refractivity contribution is 7.89. The number of nitrogens with two attached hydrogens (primary N) is 1. The van der Waals surface area contributed by atoms with Gasteiger partial charge < -0.3 is 16.0 Å². The molecule has 1 heterocycles. The van der Waals surface area contributed by atoms with Crippen molar-refractivity contribution in [3.63, 3.8) is 0 Å². The van der Waals surface area contributed by atoms with Crippen molar-refractivity contribution in [3.8, 4) is 0 Å². The first kappa shape index (κ1) is 21.2. The van der Waals surface area contributed by atoms with Crippen LogP contribution in [0.4, 0.5) is 4.79 Å². The molecule has 150 valence electrons. The second-order valence-electron chi connectivity index (χ2n) is 6.80. The molecule has 9 heteroatoms. The number of sulfonamides is 1. The van der Waals surface area contributed by atoms with Gasteiger partial charge in [-0.2, -0.15) is 4.31 Å². The van der Waals surface area contributed by atoms with Crippen molar-refractivity contribution >= 4 is 22.0 Å². The van der Waals surface area contributed by atoms with E-state index in [1.54, 1.807) is 17.9 Å². The van der Waals surface area contributed by atoms with E-state index >= 15 is 0 Å². The summed E-state index contributed by atoms with van der Waals surface area (Å²) in [7, 11) is -3.55. The van der Waals surface area contributed by atoms with E-state index in [4.69, 9.17) is 5.73 Å². The van der Waals surface area contributed by atoms with Gasteiger partial charge in [0.1, 0.15) is 0 Å². The number of hydrogen-bond acceptors (Lipinski definition) is 4. The number of primary amides is 1. The number of carbonyl (C=O) groups excluding carboxylic acids is 2. The molecule has 8 nitrogen and oxygen atoms in total. The third kappa shape index (κ3) is 5.67. The summed E-state index contributed by atoms with van der Waals surface area (Å²) >= 11 is 0. The van der Waals surface area contributed by atoms with Gasteiger partial charge in [-0.25, -0.2) is 13.2 Å². The van der Waals surface area contributed by atoms with E-state index in [2.05, 4.69) is 5.32 Å². The molecule has 0 aromatic heterocycles. The molecule has 0 bridgehead atoms. The van der Waals surface area contributed by atoms with E-state index in [1.165, 1.54) is 4.31 Å². The minimum Gasteiger partial charge on any atom is -0.352 e. The Morgan fingerprint density at radius 1 is 1.11 bits per heavy atom. The topological polar surface area (TPSA) is 113 Å². The summed E-state index contributed by atoms with van der Waals surface area (Å²) < 4.78 is 27.3. The molecule has 0 saturated carbocycles. The fraction of sp³-hybridized carbons (Fsp3) is 0.556. The van der Waals surface area contributed by atoms with Crippen molar-refractivity contribution in [2.45, 2.75) is 38.0 Å². The average molecular weight is 397 g/mol. The highest BCUT2D eigenvalue weighted by Crippen LogP contribution is 2.22. The van der Waals surface area contributed by atoms with Gasteiger partial charge in [-0.3, -0.25) is 4.79 Å². The first-order chi connectivity index (χ1) is 12.7. The van der Waals surface area contributed by atoms with E-state index in [1.807, 2.05) is 19.1 Å². The maximum absolute atomic E-state index is 12.9. The van der Waals surface area contributed by atoms with Gasteiger partial charge >= 0.3 is 6.03 Å². The van der Waals surface area contributed by atoms with Crippen LogP contribution >= 0.6 is 0 Å². The van der Waals surface area contributed by atoms with Crippen LogP contribution in [0.15, 0.2) is 23.1 Å². The van der Waals surface area contributed by atoms with Gasteiger partial charge in [0.25, 0.3) is 0 Å². The predicted molar refractivity (Wildman–Crippen MR) is 103 cm³/mol. The normalized spacial score (nSPS) is 15.6. The fourth-order valence-electron chi connectivity index (χ4n) is 3.07. The van der Waals surface area contributed by atoms with E-state index in [-0.39, 0.29) is 5.91 Å². The third-order valence-corrected chi connectivity index (χ3v) is 6.71. The largest absolute Gasteiger partial charge is 0.352 e. The van der Waals surface area contributed by atoms with Gasteiger partial charge in [0.05, 0.1) is 4.90 Å². The molecule has 0 unspecified atom stereocenters. The number of amides is 3. The summed E-state index contributed by atoms with van der Waals surface area (Å²) in [6, 6.07) is 4.84. The summed E-state index contributed by atoms with van der Waals surface area (Å²) in [5.74, 6) is 0.0119. The molecule has 1 fully saturated rings. The standard InChI is InChI=1S/C18H28N4O4S/c1-14-6-7-15(2)16(13-14)27(25,26)22-11-9-21(10-12-22)17(23)5-3-4-8-20-18(19)24/h6-7,13H,3-5,8-12H2,1-2H3,(H3,19,20,24). The molecule has 0 spiro atoms. The maximum atomic E-state index is 12.9. The Hall–Kier alpha value is -2.13. The molecule has 0 radical (unpaired) electrons. The number of nitrogens with one attached hydrogen (secondary N) is 1. The predicted octanol–water partition coefficient (Wildman–Crippen LogP) is 0.975. The molecule has 1 saturated heterocycles. The number of carbonyl (C=O) groups is 2. The number of nitrogens with zero attached hydrogens (tertiary/aromatic N) is 2. The molecule has 3 amide bonds. The quantitative estimate of drug-likeness (QED) is 0.669. The van der Waals surface area contributed by atoms with Gasteiger partial charge in [-0.15, -0.1) is 0 Å².